The number of rotatable bonds is 6. The second kappa shape index (κ2) is 9.84. The Labute approximate surface area is 201 Å². The van der Waals surface area contributed by atoms with Crippen LogP contribution in [0.5, 0.6) is 0 Å². The quantitative estimate of drug-likeness (QED) is 0.516. The molecule has 5 rings (SSSR count). The summed E-state index contributed by atoms with van der Waals surface area (Å²) in [5, 5.41) is 5.31. The molecule has 0 bridgehead atoms. The van der Waals surface area contributed by atoms with Gasteiger partial charge in [0.2, 0.25) is 17.8 Å². The molecular weight excluding hydrogens is 458 g/mol. The van der Waals surface area contributed by atoms with Gasteiger partial charge in [0.05, 0.1) is 5.75 Å². The Bertz CT molecular complexity index is 1110. The number of nitrogens with zero attached hydrogens (tertiary/aromatic N) is 5. The number of anilines is 4. The van der Waals surface area contributed by atoms with Gasteiger partial charge in [-0.2, -0.15) is 15.0 Å². The van der Waals surface area contributed by atoms with Crippen molar-refractivity contribution in [3.8, 4) is 0 Å². The summed E-state index contributed by atoms with van der Waals surface area (Å²) in [6.07, 6.45) is 3.43. The van der Waals surface area contributed by atoms with E-state index in [0.29, 0.717) is 28.6 Å². The van der Waals surface area contributed by atoms with Crippen molar-refractivity contribution in [2.24, 2.45) is 0 Å². The lowest BCUT2D eigenvalue weighted by molar-refractivity contribution is -0.126. The maximum atomic E-state index is 12.7. The van der Waals surface area contributed by atoms with Gasteiger partial charge in [-0.3, -0.25) is 10.2 Å². The minimum absolute atomic E-state index is 0.0301. The van der Waals surface area contributed by atoms with Crippen molar-refractivity contribution in [3.63, 3.8) is 0 Å². The zero-order valence-electron chi connectivity index (χ0n) is 17.9. The van der Waals surface area contributed by atoms with Gasteiger partial charge in [0, 0.05) is 23.8 Å². The first kappa shape index (κ1) is 21.8. The van der Waals surface area contributed by atoms with Gasteiger partial charge >= 0.3 is 0 Å². The Balaban J connectivity index is 1.44. The van der Waals surface area contributed by atoms with Crippen molar-refractivity contribution in [2.75, 3.05) is 34.5 Å². The lowest BCUT2D eigenvalue weighted by Gasteiger charge is -2.28. The number of carbonyl (C=O) groups excluding carboxylic acids is 1. The molecule has 170 valence electrons. The minimum atomic E-state index is -0.199. The van der Waals surface area contributed by atoms with Crippen LogP contribution in [0.15, 0.2) is 54.6 Å². The van der Waals surface area contributed by atoms with Gasteiger partial charge in [-0.05, 0) is 49.1 Å². The summed E-state index contributed by atoms with van der Waals surface area (Å²) in [5.74, 6) is 1.71. The van der Waals surface area contributed by atoms with Gasteiger partial charge < -0.3 is 10.2 Å². The van der Waals surface area contributed by atoms with Crippen molar-refractivity contribution in [3.05, 3.63) is 65.2 Å². The first-order chi connectivity index (χ1) is 16.2. The SMILES string of the molecule is O=C1CSC(c2ccc(Cl)cc2)N1Nc1nc(Nc2ccccc2)nc(N2CCCCC2)n1. The van der Waals surface area contributed by atoms with Crippen molar-refractivity contribution >= 4 is 52.8 Å². The van der Waals surface area contributed by atoms with Crippen LogP contribution in [0, 0.1) is 0 Å². The molecule has 2 aromatic carbocycles. The number of nitrogens with one attached hydrogen (secondary N) is 2. The summed E-state index contributed by atoms with van der Waals surface area (Å²) >= 11 is 7.60. The zero-order valence-corrected chi connectivity index (χ0v) is 19.5. The van der Waals surface area contributed by atoms with Crippen LogP contribution in [0.25, 0.3) is 0 Å². The van der Waals surface area contributed by atoms with Gasteiger partial charge in [0.25, 0.3) is 5.91 Å². The number of carbonyl (C=O) groups is 1. The number of amides is 1. The molecule has 10 heteroatoms. The number of hydrogen-bond donors (Lipinski definition) is 2. The highest BCUT2D eigenvalue weighted by Crippen LogP contribution is 2.38. The van der Waals surface area contributed by atoms with Crippen LogP contribution in [-0.2, 0) is 4.79 Å². The number of halogens is 1. The molecule has 3 heterocycles. The standard InChI is InChI=1S/C23H24ClN7OS/c24-17-11-9-16(10-12-17)20-31(19(32)15-33-20)29-22-26-21(25-18-7-3-1-4-8-18)27-23(28-22)30-13-5-2-6-14-30/h1,3-4,7-12,20H,2,5-6,13-15H2,(H2,25,26,27,28,29). The average molecular weight is 482 g/mol. The first-order valence-corrected chi connectivity index (χ1v) is 12.4. The highest BCUT2D eigenvalue weighted by Gasteiger charge is 2.34. The van der Waals surface area contributed by atoms with Crippen LogP contribution in [0.2, 0.25) is 5.02 Å². The summed E-state index contributed by atoms with van der Waals surface area (Å²) in [6, 6.07) is 17.3. The van der Waals surface area contributed by atoms with Crippen molar-refractivity contribution in [2.45, 2.75) is 24.6 Å². The Kier molecular flexibility index (Phi) is 6.50. The van der Waals surface area contributed by atoms with Crippen LogP contribution in [-0.4, -0.2) is 44.7 Å². The second-order valence-electron chi connectivity index (χ2n) is 7.91. The molecule has 8 nitrogen and oxygen atoms in total. The normalized spacial score (nSPS) is 18.5. The molecule has 0 aliphatic carbocycles. The molecule has 1 aromatic heterocycles. The molecule has 2 N–H and O–H groups in total. The molecule has 0 radical (unpaired) electrons. The molecule has 1 atom stereocenters. The predicted molar refractivity (Wildman–Crippen MR) is 133 cm³/mol. The average Bonchev–Trinajstić information content (AvgIpc) is 3.20. The van der Waals surface area contributed by atoms with Crippen LogP contribution in [0.3, 0.4) is 0 Å². The van der Waals surface area contributed by atoms with Gasteiger partial charge in [-0.25, -0.2) is 5.01 Å². The topological polar surface area (TPSA) is 86.3 Å². The zero-order chi connectivity index (χ0) is 22.6. The van der Waals surface area contributed by atoms with E-state index in [-0.39, 0.29) is 11.3 Å². The highest BCUT2D eigenvalue weighted by molar-refractivity contribution is 8.00. The van der Waals surface area contributed by atoms with E-state index in [2.05, 4.69) is 30.6 Å². The molecule has 0 saturated carbocycles. The number of aromatic nitrogens is 3. The lowest BCUT2D eigenvalue weighted by atomic mass is 10.1. The largest absolute Gasteiger partial charge is 0.341 e. The first-order valence-electron chi connectivity index (χ1n) is 10.9. The van der Waals surface area contributed by atoms with E-state index in [0.717, 1.165) is 37.2 Å². The van der Waals surface area contributed by atoms with Crippen molar-refractivity contribution < 1.29 is 4.79 Å². The van der Waals surface area contributed by atoms with E-state index in [9.17, 15) is 4.79 Å². The Morgan fingerprint density at radius 2 is 1.64 bits per heavy atom. The lowest BCUT2D eigenvalue weighted by Crippen LogP contribution is -2.36. The maximum absolute atomic E-state index is 12.7. The van der Waals surface area contributed by atoms with Crippen molar-refractivity contribution in [1.29, 1.82) is 0 Å². The van der Waals surface area contributed by atoms with E-state index in [1.54, 1.807) is 16.8 Å². The molecule has 1 amide bonds. The number of piperidine rings is 1. The fourth-order valence-corrected chi connectivity index (χ4v) is 5.12. The molecule has 33 heavy (non-hydrogen) atoms. The van der Waals surface area contributed by atoms with Gasteiger partial charge in [-0.1, -0.05) is 41.9 Å². The molecule has 3 aromatic rings. The van der Waals surface area contributed by atoms with Gasteiger partial charge in [0.1, 0.15) is 5.37 Å². The maximum Gasteiger partial charge on any atom is 0.252 e. The molecular formula is C23H24ClN7OS. The van der Waals surface area contributed by atoms with Gasteiger partial charge in [-0.15, -0.1) is 11.8 Å². The molecule has 0 spiro atoms. The number of hydrogen-bond acceptors (Lipinski definition) is 8. The molecule has 2 aliphatic heterocycles. The van der Waals surface area contributed by atoms with E-state index in [4.69, 9.17) is 11.6 Å². The fourth-order valence-electron chi connectivity index (χ4n) is 3.88. The third kappa shape index (κ3) is 5.15. The summed E-state index contributed by atoms with van der Waals surface area (Å²) in [4.78, 5) is 28.8. The number of hydrazine groups is 1. The number of benzene rings is 2. The highest BCUT2D eigenvalue weighted by atomic mass is 35.5. The molecule has 2 fully saturated rings. The third-order valence-electron chi connectivity index (χ3n) is 5.54. The van der Waals surface area contributed by atoms with E-state index >= 15 is 0 Å². The van der Waals surface area contributed by atoms with Crippen LogP contribution >= 0.6 is 23.4 Å². The molecule has 2 aliphatic rings. The second-order valence-corrected chi connectivity index (χ2v) is 9.42. The minimum Gasteiger partial charge on any atom is -0.341 e. The number of thioether (sulfide) groups is 1. The van der Waals surface area contributed by atoms with E-state index in [1.807, 2.05) is 54.6 Å². The van der Waals surface area contributed by atoms with E-state index in [1.165, 1.54) is 6.42 Å². The Morgan fingerprint density at radius 3 is 2.39 bits per heavy atom. The molecule has 2 saturated heterocycles. The molecule has 1 unspecified atom stereocenters. The van der Waals surface area contributed by atoms with Crippen molar-refractivity contribution in [1.82, 2.24) is 20.0 Å². The van der Waals surface area contributed by atoms with Gasteiger partial charge in [0.15, 0.2) is 0 Å². The van der Waals surface area contributed by atoms with E-state index < -0.39 is 0 Å². The summed E-state index contributed by atoms with van der Waals surface area (Å²) < 4.78 is 0. The summed E-state index contributed by atoms with van der Waals surface area (Å²) in [5.41, 5.74) is 5.02. The van der Waals surface area contributed by atoms with Crippen LogP contribution in [0.1, 0.15) is 30.2 Å². The summed E-state index contributed by atoms with van der Waals surface area (Å²) in [7, 11) is 0. The number of para-hydroxylation sites is 1. The van der Waals surface area contributed by atoms with Crippen LogP contribution < -0.4 is 15.6 Å². The fraction of sp³-hybridized carbons (Fsp3) is 0.304. The smallest absolute Gasteiger partial charge is 0.252 e. The Morgan fingerprint density at radius 1 is 0.909 bits per heavy atom. The monoisotopic (exact) mass is 481 g/mol. The van der Waals surface area contributed by atoms with Crippen LogP contribution in [0.4, 0.5) is 23.5 Å². The summed E-state index contributed by atoms with van der Waals surface area (Å²) in [6.45, 7) is 1.81. The predicted octanol–water partition coefficient (Wildman–Crippen LogP) is 4.86. The Hall–Kier alpha value is -3.04. The third-order valence-corrected chi connectivity index (χ3v) is 7.00.